The topological polar surface area (TPSA) is 81.1 Å². The summed E-state index contributed by atoms with van der Waals surface area (Å²) in [5, 5.41) is 5.53. The van der Waals surface area contributed by atoms with E-state index in [4.69, 9.17) is 4.74 Å². The maximum atomic E-state index is 12.1. The highest BCUT2D eigenvalue weighted by atomic mass is 16.5. The number of aromatic nitrogens is 3. The smallest absolute Gasteiger partial charge is 0.323 e. The SMILES string of the molecule is CCCCOc1ccc(NC(=O)Nc2ccc(-n3ccnc3)nc2)cc1. The first kappa shape index (κ1) is 17.5. The Labute approximate surface area is 152 Å². The third-order valence-corrected chi connectivity index (χ3v) is 3.65. The van der Waals surface area contributed by atoms with Crippen LogP contribution in [0, 0.1) is 0 Å². The van der Waals surface area contributed by atoms with Crippen molar-refractivity contribution in [1.82, 2.24) is 14.5 Å². The lowest BCUT2D eigenvalue weighted by Gasteiger charge is -2.09. The molecule has 0 unspecified atom stereocenters. The fourth-order valence-corrected chi connectivity index (χ4v) is 2.27. The summed E-state index contributed by atoms with van der Waals surface area (Å²) >= 11 is 0. The van der Waals surface area contributed by atoms with Crippen molar-refractivity contribution in [3.8, 4) is 11.6 Å². The van der Waals surface area contributed by atoms with Crippen LogP contribution in [-0.4, -0.2) is 27.2 Å². The summed E-state index contributed by atoms with van der Waals surface area (Å²) in [5.41, 5.74) is 1.29. The summed E-state index contributed by atoms with van der Waals surface area (Å²) in [6.45, 7) is 2.82. The van der Waals surface area contributed by atoms with Gasteiger partial charge in [-0.2, -0.15) is 0 Å². The third-order valence-electron chi connectivity index (χ3n) is 3.65. The second-order valence-electron chi connectivity index (χ2n) is 5.68. The fraction of sp³-hybridized carbons (Fsp3) is 0.211. The van der Waals surface area contributed by atoms with E-state index in [-0.39, 0.29) is 6.03 Å². The molecule has 2 amide bonds. The van der Waals surface area contributed by atoms with Gasteiger partial charge in [0.05, 0.1) is 18.5 Å². The fourth-order valence-electron chi connectivity index (χ4n) is 2.27. The van der Waals surface area contributed by atoms with Crippen molar-refractivity contribution < 1.29 is 9.53 Å². The molecule has 0 atom stereocenters. The minimum atomic E-state index is -0.332. The first-order valence-corrected chi connectivity index (χ1v) is 8.50. The standard InChI is InChI=1S/C19H21N5O2/c1-2-3-12-26-17-7-4-15(5-8-17)22-19(25)23-16-6-9-18(21-13-16)24-11-10-20-14-24/h4-11,13-14H,2-3,12H2,1H3,(H2,22,23,25). The highest BCUT2D eigenvalue weighted by Gasteiger charge is 2.04. The summed E-state index contributed by atoms with van der Waals surface area (Å²) in [6.07, 6.45) is 8.87. The number of unbranched alkanes of at least 4 members (excludes halogenated alkanes) is 1. The van der Waals surface area contributed by atoms with Gasteiger partial charge in [0, 0.05) is 18.1 Å². The van der Waals surface area contributed by atoms with Crippen LogP contribution in [0.2, 0.25) is 0 Å². The summed E-state index contributed by atoms with van der Waals surface area (Å²) in [4.78, 5) is 20.4. The van der Waals surface area contributed by atoms with Crippen molar-refractivity contribution >= 4 is 17.4 Å². The van der Waals surface area contributed by atoms with Crippen LogP contribution >= 0.6 is 0 Å². The average molecular weight is 351 g/mol. The lowest BCUT2D eigenvalue weighted by molar-refractivity contribution is 0.262. The molecule has 3 rings (SSSR count). The molecule has 134 valence electrons. The number of urea groups is 1. The van der Waals surface area contributed by atoms with Gasteiger partial charge in [-0.3, -0.25) is 4.57 Å². The molecule has 0 spiro atoms. The maximum absolute atomic E-state index is 12.1. The van der Waals surface area contributed by atoms with Gasteiger partial charge in [-0.05, 0) is 42.8 Å². The van der Waals surface area contributed by atoms with Gasteiger partial charge in [0.2, 0.25) is 0 Å². The first-order valence-electron chi connectivity index (χ1n) is 8.50. The number of imidazole rings is 1. The van der Waals surface area contributed by atoms with Crippen LogP contribution in [0.1, 0.15) is 19.8 Å². The Morgan fingerprint density at radius 2 is 1.88 bits per heavy atom. The van der Waals surface area contributed by atoms with Gasteiger partial charge in [0.1, 0.15) is 17.9 Å². The maximum Gasteiger partial charge on any atom is 0.323 e. The number of benzene rings is 1. The van der Waals surface area contributed by atoms with Crippen molar-refractivity contribution in [3.63, 3.8) is 0 Å². The Morgan fingerprint density at radius 3 is 2.54 bits per heavy atom. The Morgan fingerprint density at radius 1 is 1.12 bits per heavy atom. The first-order chi connectivity index (χ1) is 12.7. The Kier molecular flexibility index (Phi) is 5.82. The van der Waals surface area contributed by atoms with Crippen LogP contribution in [0.3, 0.4) is 0 Å². The van der Waals surface area contributed by atoms with Crippen LogP contribution in [-0.2, 0) is 0 Å². The number of hydrogen-bond donors (Lipinski definition) is 2. The summed E-state index contributed by atoms with van der Waals surface area (Å²) in [7, 11) is 0. The lowest BCUT2D eigenvalue weighted by Crippen LogP contribution is -2.19. The molecule has 26 heavy (non-hydrogen) atoms. The number of nitrogens with zero attached hydrogens (tertiary/aromatic N) is 3. The number of ether oxygens (including phenoxy) is 1. The zero-order valence-electron chi connectivity index (χ0n) is 14.6. The van der Waals surface area contributed by atoms with Crippen molar-refractivity contribution in [2.24, 2.45) is 0 Å². The average Bonchev–Trinajstić information content (AvgIpc) is 3.19. The van der Waals surface area contributed by atoms with Crippen molar-refractivity contribution in [2.45, 2.75) is 19.8 Å². The van der Waals surface area contributed by atoms with E-state index >= 15 is 0 Å². The molecule has 0 saturated heterocycles. The van der Waals surface area contributed by atoms with Crippen LogP contribution in [0.15, 0.2) is 61.3 Å². The molecule has 0 aliphatic carbocycles. The lowest BCUT2D eigenvalue weighted by atomic mass is 10.3. The van der Waals surface area contributed by atoms with Gasteiger partial charge in [0.15, 0.2) is 0 Å². The van der Waals surface area contributed by atoms with Gasteiger partial charge in [-0.1, -0.05) is 13.3 Å². The molecule has 7 nitrogen and oxygen atoms in total. The van der Waals surface area contributed by atoms with E-state index in [0.717, 1.165) is 24.4 Å². The van der Waals surface area contributed by atoms with Gasteiger partial charge in [-0.15, -0.1) is 0 Å². The van der Waals surface area contributed by atoms with Crippen molar-refractivity contribution in [3.05, 3.63) is 61.3 Å². The number of rotatable bonds is 7. The zero-order valence-corrected chi connectivity index (χ0v) is 14.6. The van der Waals surface area contributed by atoms with Gasteiger partial charge < -0.3 is 15.4 Å². The number of nitrogens with one attached hydrogen (secondary N) is 2. The predicted molar refractivity (Wildman–Crippen MR) is 101 cm³/mol. The van der Waals surface area contributed by atoms with Crippen molar-refractivity contribution in [1.29, 1.82) is 0 Å². The van der Waals surface area contributed by atoms with E-state index in [2.05, 4.69) is 27.5 Å². The summed E-state index contributed by atoms with van der Waals surface area (Å²) < 4.78 is 7.39. The molecule has 7 heteroatoms. The van der Waals surface area contributed by atoms with Gasteiger partial charge >= 0.3 is 6.03 Å². The largest absolute Gasteiger partial charge is 0.494 e. The number of carbonyl (C=O) groups excluding carboxylic acids is 1. The molecule has 0 fully saturated rings. The molecule has 0 aliphatic rings. The second kappa shape index (κ2) is 8.66. The minimum absolute atomic E-state index is 0.332. The molecule has 0 saturated carbocycles. The van der Waals surface area contributed by atoms with E-state index in [0.29, 0.717) is 18.0 Å². The normalized spacial score (nSPS) is 10.3. The number of hydrogen-bond acceptors (Lipinski definition) is 4. The highest BCUT2D eigenvalue weighted by Crippen LogP contribution is 2.16. The van der Waals surface area contributed by atoms with Crippen LogP contribution in [0.4, 0.5) is 16.2 Å². The Balaban J connectivity index is 1.52. The number of amides is 2. The van der Waals surface area contributed by atoms with E-state index in [1.165, 1.54) is 0 Å². The van der Waals surface area contributed by atoms with Crippen molar-refractivity contribution in [2.75, 3.05) is 17.2 Å². The van der Waals surface area contributed by atoms with Gasteiger partial charge in [0.25, 0.3) is 0 Å². The molecular formula is C19H21N5O2. The Bertz CT molecular complexity index is 814. The Hall–Kier alpha value is -3.35. The molecule has 2 heterocycles. The van der Waals surface area contributed by atoms with Crippen LogP contribution in [0.5, 0.6) is 5.75 Å². The van der Waals surface area contributed by atoms with Crippen LogP contribution < -0.4 is 15.4 Å². The number of pyridine rings is 1. The molecule has 0 aliphatic heterocycles. The minimum Gasteiger partial charge on any atom is -0.494 e. The van der Waals surface area contributed by atoms with E-state index in [1.807, 2.05) is 12.1 Å². The van der Waals surface area contributed by atoms with E-state index in [1.54, 1.807) is 53.8 Å². The van der Waals surface area contributed by atoms with Gasteiger partial charge in [-0.25, -0.2) is 14.8 Å². The number of carbonyl (C=O) groups is 1. The summed E-state index contributed by atoms with van der Waals surface area (Å²) in [5.74, 6) is 1.52. The molecule has 0 radical (unpaired) electrons. The number of anilines is 2. The van der Waals surface area contributed by atoms with E-state index in [9.17, 15) is 4.79 Å². The third kappa shape index (κ3) is 4.83. The van der Waals surface area contributed by atoms with E-state index < -0.39 is 0 Å². The molecule has 2 N–H and O–H groups in total. The molecule has 3 aromatic rings. The highest BCUT2D eigenvalue weighted by molar-refractivity contribution is 5.99. The molecular weight excluding hydrogens is 330 g/mol. The molecule has 1 aromatic carbocycles. The predicted octanol–water partition coefficient (Wildman–Crippen LogP) is 4.09. The molecule has 2 aromatic heterocycles. The monoisotopic (exact) mass is 351 g/mol. The second-order valence-corrected chi connectivity index (χ2v) is 5.68. The zero-order chi connectivity index (χ0) is 18.2. The quantitative estimate of drug-likeness (QED) is 0.628. The molecule has 0 bridgehead atoms. The summed E-state index contributed by atoms with van der Waals surface area (Å²) in [6, 6.07) is 10.6. The van der Waals surface area contributed by atoms with Crippen LogP contribution in [0.25, 0.3) is 5.82 Å².